The van der Waals surface area contributed by atoms with Gasteiger partial charge in [-0.15, -0.1) is 0 Å². The Labute approximate surface area is 173 Å². The van der Waals surface area contributed by atoms with Gasteiger partial charge in [-0.25, -0.2) is 13.8 Å². The molecule has 3 aliphatic heterocycles. The van der Waals surface area contributed by atoms with Crippen molar-refractivity contribution in [1.29, 1.82) is 0 Å². The summed E-state index contributed by atoms with van der Waals surface area (Å²) in [7, 11) is 0. The van der Waals surface area contributed by atoms with Gasteiger partial charge in [0.1, 0.15) is 11.9 Å². The number of hydrogen-bond donors (Lipinski definition) is 1. The second kappa shape index (κ2) is 7.97. The van der Waals surface area contributed by atoms with Crippen molar-refractivity contribution in [2.24, 2.45) is 10.9 Å². The van der Waals surface area contributed by atoms with Crippen LogP contribution in [0, 0.1) is 5.92 Å². The molecule has 30 heavy (non-hydrogen) atoms. The summed E-state index contributed by atoms with van der Waals surface area (Å²) in [6.07, 6.45) is 7.93. The lowest BCUT2D eigenvalue weighted by atomic mass is 9.99. The van der Waals surface area contributed by atoms with Gasteiger partial charge in [-0.2, -0.15) is 0 Å². The number of nitrogens with one attached hydrogen (secondary N) is 1. The minimum absolute atomic E-state index is 0.0523. The first-order valence-corrected chi connectivity index (χ1v) is 10.0. The Hall–Kier alpha value is -3.10. The first-order chi connectivity index (χ1) is 14.4. The summed E-state index contributed by atoms with van der Waals surface area (Å²) in [6.45, 7) is 2.48. The molecule has 2 atom stereocenters. The molecule has 0 radical (unpaired) electrons. The number of piperidine rings is 1. The Morgan fingerprint density at radius 1 is 1.27 bits per heavy atom. The molecule has 158 valence electrons. The maximum absolute atomic E-state index is 13.4. The maximum Gasteiger partial charge on any atom is 0.269 e. The van der Waals surface area contributed by atoms with Gasteiger partial charge in [0.2, 0.25) is 0 Å². The van der Waals surface area contributed by atoms with Gasteiger partial charge >= 0.3 is 0 Å². The summed E-state index contributed by atoms with van der Waals surface area (Å²) >= 11 is 0. The lowest BCUT2D eigenvalue weighted by Crippen LogP contribution is -2.44. The number of halogens is 2. The minimum Gasteiger partial charge on any atom is -0.351 e. The van der Waals surface area contributed by atoms with E-state index in [1.54, 1.807) is 18.3 Å². The van der Waals surface area contributed by atoms with Crippen LogP contribution in [0.3, 0.4) is 0 Å². The second-order valence-corrected chi connectivity index (χ2v) is 7.55. The largest absolute Gasteiger partial charge is 0.351 e. The number of aromatic nitrogens is 1. The summed E-state index contributed by atoms with van der Waals surface area (Å²) in [5.41, 5.74) is 1.55. The van der Waals surface area contributed by atoms with E-state index >= 15 is 0 Å². The van der Waals surface area contributed by atoms with Crippen LogP contribution in [-0.4, -0.2) is 59.6 Å². The van der Waals surface area contributed by atoms with Crippen LogP contribution < -0.4 is 10.2 Å². The van der Waals surface area contributed by atoms with Gasteiger partial charge in [0.25, 0.3) is 17.7 Å². The van der Waals surface area contributed by atoms with Gasteiger partial charge in [-0.1, -0.05) is 12.2 Å². The highest BCUT2D eigenvalue weighted by molar-refractivity contribution is 6.12. The standard InChI is InChI=1S/C21H23F2N5O2/c1-2-24-19(29)17-4-3-16(13-25-17)28-8-5-14-11-15(12-26-18(14)28)20(30)27-9-6-21(22,23)7-10-27/h3-5,8,11-14,18H,2,6-7,9-10H2,1H3,(H,24,29). The molecule has 1 N–H and O–H groups in total. The van der Waals surface area contributed by atoms with Crippen LogP contribution >= 0.6 is 0 Å². The predicted octanol–water partition coefficient (Wildman–Crippen LogP) is 2.38. The number of likely N-dealkylation sites (tertiary alicyclic amines) is 1. The molecule has 1 aromatic rings. The molecule has 0 spiro atoms. The molecular weight excluding hydrogens is 392 g/mol. The van der Waals surface area contributed by atoms with Crippen LogP contribution in [0.25, 0.3) is 0 Å². The third-order valence-corrected chi connectivity index (χ3v) is 5.48. The average molecular weight is 415 g/mol. The zero-order chi connectivity index (χ0) is 21.3. The van der Waals surface area contributed by atoms with Crippen LogP contribution in [0.15, 0.2) is 47.2 Å². The fourth-order valence-corrected chi connectivity index (χ4v) is 3.79. The number of amides is 2. The SMILES string of the molecule is CCNC(=O)c1ccc(N2C=CC3C=C(C(=O)N4CCC(F)(F)CC4)C=NC32)cn1. The van der Waals surface area contributed by atoms with Gasteiger partial charge in [0.05, 0.1) is 17.5 Å². The van der Waals surface area contributed by atoms with E-state index in [2.05, 4.69) is 15.3 Å². The van der Waals surface area contributed by atoms with Gasteiger partial charge < -0.3 is 15.1 Å². The van der Waals surface area contributed by atoms with Crippen molar-refractivity contribution in [3.05, 3.63) is 47.9 Å². The summed E-state index contributed by atoms with van der Waals surface area (Å²) in [6, 6.07) is 3.46. The second-order valence-electron chi connectivity index (χ2n) is 7.55. The van der Waals surface area contributed by atoms with E-state index in [-0.39, 0.29) is 49.8 Å². The zero-order valence-electron chi connectivity index (χ0n) is 16.6. The molecule has 4 rings (SSSR count). The molecule has 7 nitrogen and oxygen atoms in total. The van der Waals surface area contributed by atoms with Gasteiger partial charge in [-0.05, 0) is 19.1 Å². The zero-order valence-corrected chi connectivity index (χ0v) is 16.6. The lowest BCUT2D eigenvalue weighted by molar-refractivity contribution is -0.132. The number of pyridine rings is 1. The quantitative estimate of drug-likeness (QED) is 0.819. The van der Waals surface area contributed by atoms with Crippen LogP contribution in [0.5, 0.6) is 0 Å². The fraction of sp³-hybridized carbons (Fsp3) is 0.429. The highest BCUT2D eigenvalue weighted by Crippen LogP contribution is 2.33. The van der Waals surface area contributed by atoms with Crippen LogP contribution in [-0.2, 0) is 4.79 Å². The highest BCUT2D eigenvalue weighted by Gasteiger charge is 2.37. The third-order valence-electron chi connectivity index (χ3n) is 5.48. The molecule has 0 aliphatic carbocycles. The van der Waals surface area contributed by atoms with Crippen molar-refractivity contribution in [2.75, 3.05) is 24.5 Å². The Morgan fingerprint density at radius 2 is 2.03 bits per heavy atom. The van der Waals surface area contributed by atoms with E-state index in [1.165, 1.54) is 11.1 Å². The first-order valence-electron chi connectivity index (χ1n) is 10.0. The number of aliphatic imine (C=N–C) groups is 1. The number of anilines is 1. The molecule has 1 aromatic heterocycles. The molecule has 0 saturated carbocycles. The summed E-state index contributed by atoms with van der Waals surface area (Å²) in [5, 5.41) is 2.71. The number of fused-ring (bicyclic) bond motifs is 1. The smallest absolute Gasteiger partial charge is 0.269 e. The van der Waals surface area contributed by atoms with Crippen molar-refractivity contribution in [3.63, 3.8) is 0 Å². The molecule has 3 aliphatic rings. The van der Waals surface area contributed by atoms with E-state index in [0.717, 1.165) is 5.69 Å². The van der Waals surface area contributed by atoms with Crippen LogP contribution in [0.1, 0.15) is 30.3 Å². The number of carbonyl (C=O) groups is 2. The third kappa shape index (κ3) is 3.96. The number of hydrogen-bond acceptors (Lipinski definition) is 5. The molecule has 1 saturated heterocycles. The molecule has 2 amide bonds. The van der Waals surface area contributed by atoms with Crippen LogP contribution in [0.2, 0.25) is 0 Å². The van der Waals surface area contributed by atoms with E-state index in [4.69, 9.17) is 0 Å². The van der Waals surface area contributed by atoms with Gasteiger partial charge in [0.15, 0.2) is 0 Å². The first kappa shape index (κ1) is 20.2. The topological polar surface area (TPSA) is 77.9 Å². The maximum atomic E-state index is 13.4. The molecule has 0 bridgehead atoms. The van der Waals surface area contributed by atoms with Crippen molar-refractivity contribution in [1.82, 2.24) is 15.2 Å². The highest BCUT2D eigenvalue weighted by atomic mass is 19.3. The summed E-state index contributed by atoms with van der Waals surface area (Å²) in [5.74, 6) is -3.28. The van der Waals surface area contributed by atoms with E-state index < -0.39 is 5.92 Å². The molecule has 4 heterocycles. The predicted molar refractivity (Wildman–Crippen MR) is 108 cm³/mol. The Morgan fingerprint density at radius 3 is 2.70 bits per heavy atom. The molecule has 0 aromatic carbocycles. The van der Waals surface area contributed by atoms with Crippen molar-refractivity contribution in [2.45, 2.75) is 31.9 Å². The summed E-state index contributed by atoms with van der Waals surface area (Å²) in [4.78, 5) is 36.7. The Kier molecular flexibility index (Phi) is 5.36. The van der Waals surface area contributed by atoms with Crippen molar-refractivity contribution < 1.29 is 18.4 Å². The van der Waals surface area contributed by atoms with Crippen LogP contribution in [0.4, 0.5) is 14.5 Å². The fourth-order valence-electron chi connectivity index (χ4n) is 3.79. The number of nitrogens with zero attached hydrogens (tertiary/aromatic N) is 4. The average Bonchev–Trinajstić information content (AvgIpc) is 3.17. The van der Waals surface area contributed by atoms with E-state index in [0.29, 0.717) is 17.8 Å². The molecule has 1 fully saturated rings. The monoisotopic (exact) mass is 415 g/mol. The minimum atomic E-state index is -2.69. The number of carbonyl (C=O) groups excluding carboxylic acids is 2. The van der Waals surface area contributed by atoms with Crippen molar-refractivity contribution >= 4 is 23.7 Å². The van der Waals surface area contributed by atoms with E-state index in [1.807, 2.05) is 30.2 Å². The Balaban J connectivity index is 1.42. The lowest BCUT2D eigenvalue weighted by Gasteiger charge is -2.33. The molecule has 9 heteroatoms. The normalized spacial score (nSPS) is 24.4. The van der Waals surface area contributed by atoms with Gasteiger partial charge in [-0.3, -0.25) is 14.6 Å². The molecule has 2 unspecified atom stereocenters. The summed E-state index contributed by atoms with van der Waals surface area (Å²) < 4.78 is 26.7. The number of rotatable bonds is 4. The molecular formula is C21H23F2N5O2. The van der Waals surface area contributed by atoms with Gasteiger partial charge in [0, 0.05) is 50.8 Å². The van der Waals surface area contributed by atoms with E-state index in [9.17, 15) is 18.4 Å². The number of dihydropyridines is 1. The Bertz CT molecular complexity index is 916. The number of alkyl halides is 2. The van der Waals surface area contributed by atoms with Crippen molar-refractivity contribution in [3.8, 4) is 0 Å².